The zero-order chi connectivity index (χ0) is 39.4. The number of ether oxygens (including phenoxy) is 3. The van der Waals surface area contributed by atoms with Crippen LogP contribution in [0.3, 0.4) is 0 Å². The van der Waals surface area contributed by atoms with Gasteiger partial charge in [-0.25, -0.2) is 9.59 Å². The molecule has 0 saturated carbocycles. The maximum absolute atomic E-state index is 12.5. The molecule has 2 aliphatic heterocycles. The molecule has 2 saturated heterocycles. The summed E-state index contributed by atoms with van der Waals surface area (Å²) in [5, 5.41) is 8.97. The van der Waals surface area contributed by atoms with Crippen molar-refractivity contribution in [1.82, 2.24) is 9.80 Å². The van der Waals surface area contributed by atoms with E-state index in [-0.39, 0.29) is 49.9 Å². The number of carboxylic acids is 1. The summed E-state index contributed by atoms with van der Waals surface area (Å²) in [5.74, 6) is -1.89. The number of aliphatic carboxylic acids is 1. The van der Waals surface area contributed by atoms with Gasteiger partial charge in [0.2, 0.25) is 0 Å². The second kappa shape index (κ2) is 22.5. The number of hydrogen-bond acceptors (Lipinski definition) is 8. The fourth-order valence-corrected chi connectivity index (χ4v) is 6.12. The van der Waals surface area contributed by atoms with Crippen LogP contribution in [0.2, 0.25) is 0 Å². The molecule has 2 aliphatic rings. The SMILES string of the molecule is CC(N)c1ccccc1.CC(OC(=O)C1CCCN(C(=O)OCc2ccccc2)C1)c1ccccc1.O=C(O)C1CCCN(C(=O)OCc2ccccc2)C1. The van der Waals surface area contributed by atoms with Crippen molar-refractivity contribution >= 4 is 24.1 Å². The summed E-state index contributed by atoms with van der Waals surface area (Å²) in [6.07, 6.45) is 1.69. The number of likely N-dealkylation sites (tertiary alicyclic amines) is 2. The molecular formula is C44H53N3O8. The predicted octanol–water partition coefficient (Wildman–Crippen LogP) is 8.17. The molecule has 4 atom stereocenters. The van der Waals surface area contributed by atoms with Crippen LogP contribution in [-0.4, -0.2) is 65.2 Å². The van der Waals surface area contributed by atoms with E-state index in [1.54, 1.807) is 4.90 Å². The maximum Gasteiger partial charge on any atom is 0.410 e. The van der Waals surface area contributed by atoms with E-state index in [2.05, 4.69) is 0 Å². The number of carbonyl (C=O) groups excluding carboxylic acids is 3. The first kappa shape index (κ1) is 42.1. The number of carboxylic acid groups (broad SMARTS) is 1. The summed E-state index contributed by atoms with van der Waals surface area (Å²) < 4.78 is 16.2. The van der Waals surface area contributed by atoms with Gasteiger partial charge in [0.25, 0.3) is 0 Å². The second-order valence-corrected chi connectivity index (χ2v) is 13.7. The van der Waals surface area contributed by atoms with Crippen LogP contribution in [0.4, 0.5) is 9.59 Å². The van der Waals surface area contributed by atoms with Crippen molar-refractivity contribution in [3.8, 4) is 0 Å². The molecule has 11 heteroatoms. The first-order valence-corrected chi connectivity index (χ1v) is 18.8. The Morgan fingerprint density at radius 1 is 0.636 bits per heavy atom. The lowest BCUT2D eigenvalue weighted by Crippen LogP contribution is -2.43. The quantitative estimate of drug-likeness (QED) is 0.128. The first-order chi connectivity index (χ1) is 26.6. The third-order valence-electron chi connectivity index (χ3n) is 9.34. The molecule has 0 aliphatic carbocycles. The molecule has 2 heterocycles. The third kappa shape index (κ3) is 14.6. The fourth-order valence-electron chi connectivity index (χ4n) is 6.12. The van der Waals surface area contributed by atoms with E-state index in [1.165, 1.54) is 10.5 Å². The number of nitrogens with zero attached hydrogens (tertiary/aromatic N) is 2. The Balaban J connectivity index is 0.000000207. The molecule has 3 N–H and O–H groups in total. The van der Waals surface area contributed by atoms with Gasteiger partial charge in [0, 0.05) is 32.2 Å². The highest BCUT2D eigenvalue weighted by Crippen LogP contribution is 2.24. The van der Waals surface area contributed by atoms with E-state index in [1.807, 2.05) is 135 Å². The average Bonchev–Trinajstić information content (AvgIpc) is 3.23. The Morgan fingerprint density at radius 2 is 1.04 bits per heavy atom. The first-order valence-electron chi connectivity index (χ1n) is 18.8. The van der Waals surface area contributed by atoms with Crippen molar-refractivity contribution in [3.05, 3.63) is 144 Å². The van der Waals surface area contributed by atoms with Gasteiger partial charge in [-0.3, -0.25) is 9.59 Å². The molecule has 11 nitrogen and oxygen atoms in total. The number of piperidine rings is 2. The van der Waals surface area contributed by atoms with E-state index >= 15 is 0 Å². The minimum atomic E-state index is -0.847. The second-order valence-electron chi connectivity index (χ2n) is 13.7. The van der Waals surface area contributed by atoms with Gasteiger partial charge in [0.05, 0.1) is 11.8 Å². The van der Waals surface area contributed by atoms with Crippen molar-refractivity contribution in [2.45, 2.75) is 64.9 Å². The van der Waals surface area contributed by atoms with Crippen LogP contribution in [0.5, 0.6) is 0 Å². The van der Waals surface area contributed by atoms with E-state index in [0.717, 1.165) is 29.5 Å². The standard InChI is InChI=1S/C22H25NO4.C14H17NO4.C8H11N/c1-17(19-11-6-3-7-12-19)27-21(24)20-13-8-14-23(15-20)22(25)26-16-18-9-4-2-5-10-18;16-13(17)12-7-4-8-15(9-12)14(18)19-10-11-5-2-1-3-6-11;1-7(9)8-5-3-2-4-6-8/h2-7,9-12,17,20H,8,13-16H2,1H3;1-3,5-6,12H,4,7-10H2,(H,16,17);2-7H,9H2,1H3. The highest BCUT2D eigenvalue weighted by Gasteiger charge is 2.31. The maximum atomic E-state index is 12.5. The summed E-state index contributed by atoms with van der Waals surface area (Å²) in [5.41, 5.74) is 9.62. The van der Waals surface area contributed by atoms with Gasteiger partial charge in [0.15, 0.2) is 0 Å². The van der Waals surface area contributed by atoms with Crippen LogP contribution < -0.4 is 5.73 Å². The molecule has 2 amide bonds. The van der Waals surface area contributed by atoms with Crippen molar-refractivity contribution in [3.63, 3.8) is 0 Å². The molecule has 0 bridgehead atoms. The molecular weight excluding hydrogens is 698 g/mol. The molecule has 0 aromatic heterocycles. The summed E-state index contributed by atoms with van der Waals surface area (Å²) in [7, 11) is 0. The van der Waals surface area contributed by atoms with Gasteiger partial charge in [-0.1, -0.05) is 121 Å². The highest BCUT2D eigenvalue weighted by molar-refractivity contribution is 5.75. The Hall–Kier alpha value is -5.68. The molecule has 292 valence electrons. The number of amides is 2. The Labute approximate surface area is 324 Å². The summed E-state index contributed by atoms with van der Waals surface area (Å²) in [4.78, 5) is 50.7. The lowest BCUT2D eigenvalue weighted by atomic mass is 9.98. The summed E-state index contributed by atoms with van der Waals surface area (Å²) in [6, 6.07) is 38.8. The molecule has 2 fully saturated rings. The highest BCUT2D eigenvalue weighted by atomic mass is 16.6. The van der Waals surface area contributed by atoms with E-state index in [0.29, 0.717) is 32.5 Å². The van der Waals surface area contributed by atoms with Crippen LogP contribution in [0.15, 0.2) is 121 Å². The minimum absolute atomic E-state index is 0.159. The van der Waals surface area contributed by atoms with Gasteiger partial charge >= 0.3 is 24.1 Å². The Morgan fingerprint density at radius 3 is 1.45 bits per heavy atom. The lowest BCUT2D eigenvalue weighted by Gasteiger charge is -2.31. The fraction of sp³-hybridized carbons (Fsp3) is 0.364. The summed E-state index contributed by atoms with van der Waals surface area (Å²) >= 11 is 0. The molecule has 4 aromatic rings. The van der Waals surface area contributed by atoms with E-state index in [4.69, 9.17) is 25.1 Å². The van der Waals surface area contributed by atoms with Gasteiger partial charge in [0.1, 0.15) is 19.3 Å². The van der Waals surface area contributed by atoms with Gasteiger partial charge in [-0.05, 0) is 61.8 Å². The van der Waals surface area contributed by atoms with Crippen molar-refractivity contribution < 1.29 is 38.5 Å². The van der Waals surface area contributed by atoms with Crippen LogP contribution in [0, 0.1) is 11.8 Å². The van der Waals surface area contributed by atoms with E-state index < -0.39 is 18.0 Å². The number of nitrogens with two attached hydrogens (primary N) is 1. The average molecular weight is 752 g/mol. The van der Waals surface area contributed by atoms with Crippen LogP contribution >= 0.6 is 0 Å². The molecule has 6 rings (SSSR count). The number of rotatable bonds is 9. The molecule has 0 spiro atoms. The Bertz CT molecular complexity index is 1740. The monoisotopic (exact) mass is 751 g/mol. The molecule has 4 aromatic carbocycles. The Kier molecular flexibility index (Phi) is 17.2. The number of benzene rings is 4. The normalized spacial score (nSPS) is 17.4. The molecule has 4 unspecified atom stereocenters. The van der Waals surface area contributed by atoms with Crippen LogP contribution in [0.1, 0.15) is 73.9 Å². The largest absolute Gasteiger partial charge is 0.481 e. The molecule has 0 radical (unpaired) electrons. The number of hydrogen-bond donors (Lipinski definition) is 2. The number of esters is 1. The summed E-state index contributed by atoms with van der Waals surface area (Å²) in [6.45, 7) is 6.04. The van der Waals surface area contributed by atoms with E-state index in [9.17, 15) is 19.2 Å². The number of carbonyl (C=O) groups is 4. The van der Waals surface area contributed by atoms with Gasteiger partial charge in [-0.15, -0.1) is 0 Å². The zero-order valence-corrected chi connectivity index (χ0v) is 31.7. The van der Waals surface area contributed by atoms with Crippen molar-refractivity contribution in [1.29, 1.82) is 0 Å². The van der Waals surface area contributed by atoms with Crippen molar-refractivity contribution in [2.24, 2.45) is 17.6 Å². The topological polar surface area (TPSA) is 149 Å². The lowest BCUT2D eigenvalue weighted by molar-refractivity contribution is -0.155. The third-order valence-corrected chi connectivity index (χ3v) is 9.34. The minimum Gasteiger partial charge on any atom is -0.481 e. The predicted molar refractivity (Wildman–Crippen MR) is 209 cm³/mol. The van der Waals surface area contributed by atoms with Crippen molar-refractivity contribution in [2.75, 3.05) is 26.2 Å². The van der Waals surface area contributed by atoms with Crippen LogP contribution in [-0.2, 0) is 37.0 Å². The van der Waals surface area contributed by atoms with Gasteiger partial charge < -0.3 is 34.9 Å². The smallest absolute Gasteiger partial charge is 0.410 e. The van der Waals surface area contributed by atoms with Gasteiger partial charge in [-0.2, -0.15) is 0 Å². The zero-order valence-electron chi connectivity index (χ0n) is 31.7. The molecule has 55 heavy (non-hydrogen) atoms. The van der Waals surface area contributed by atoms with Crippen LogP contribution in [0.25, 0.3) is 0 Å².